The summed E-state index contributed by atoms with van der Waals surface area (Å²) in [4.78, 5) is 27.2. The zero-order chi connectivity index (χ0) is 20.8. The second-order valence-electron chi connectivity index (χ2n) is 7.51. The highest BCUT2D eigenvalue weighted by atomic mass is 35.5. The molecule has 0 spiro atoms. The second-order valence-corrected chi connectivity index (χ2v) is 7.94. The molecular formula is C23H27ClN2O3. The SMILES string of the molecule is COc1ccc(Cl)cc1NC(=O)CCC1CCCN(C(=O)c2ccccc2C)C1. The van der Waals surface area contributed by atoms with Gasteiger partial charge in [-0.3, -0.25) is 9.59 Å². The van der Waals surface area contributed by atoms with E-state index in [0.29, 0.717) is 35.3 Å². The molecule has 29 heavy (non-hydrogen) atoms. The Morgan fingerprint density at radius 3 is 2.79 bits per heavy atom. The molecule has 1 heterocycles. The summed E-state index contributed by atoms with van der Waals surface area (Å²) < 4.78 is 5.27. The van der Waals surface area contributed by atoms with Crippen LogP contribution in [0.4, 0.5) is 5.69 Å². The average Bonchev–Trinajstić information content (AvgIpc) is 2.72. The summed E-state index contributed by atoms with van der Waals surface area (Å²) in [5.41, 5.74) is 2.33. The van der Waals surface area contributed by atoms with Crippen molar-refractivity contribution < 1.29 is 14.3 Å². The first-order chi connectivity index (χ1) is 14.0. The molecule has 0 aliphatic carbocycles. The number of hydrogen-bond acceptors (Lipinski definition) is 3. The van der Waals surface area contributed by atoms with Crippen molar-refractivity contribution >= 4 is 29.1 Å². The number of ether oxygens (including phenoxy) is 1. The number of piperidine rings is 1. The van der Waals surface area contributed by atoms with E-state index in [1.807, 2.05) is 36.1 Å². The molecule has 1 saturated heterocycles. The van der Waals surface area contributed by atoms with E-state index >= 15 is 0 Å². The molecular weight excluding hydrogens is 388 g/mol. The minimum Gasteiger partial charge on any atom is -0.495 e. The largest absolute Gasteiger partial charge is 0.495 e. The molecule has 0 aromatic heterocycles. The normalized spacial score (nSPS) is 16.4. The van der Waals surface area contributed by atoms with Gasteiger partial charge in [-0.15, -0.1) is 0 Å². The number of carbonyl (C=O) groups is 2. The Balaban J connectivity index is 1.54. The smallest absolute Gasteiger partial charge is 0.254 e. The number of nitrogens with zero attached hydrogens (tertiary/aromatic N) is 1. The summed E-state index contributed by atoms with van der Waals surface area (Å²) in [5, 5.41) is 3.42. The summed E-state index contributed by atoms with van der Waals surface area (Å²) in [5.74, 6) is 0.910. The third-order valence-electron chi connectivity index (χ3n) is 5.40. The lowest BCUT2D eigenvalue weighted by Crippen LogP contribution is -2.40. The van der Waals surface area contributed by atoms with E-state index in [1.54, 1.807) is 25.3 Å². The fourth-order valence-electron chi connectivity index (χ4n) is 3.79. The number of benzene rings is 2. The summed E-state index contributed by atoms with van der Waals surface area (Å²) in [7, 11) is 1.56. The zero-order valence-electron chi connectivity index (χ0n) is 16.9. The van der Waals surface area contributed by atoms with E-state index < -0.39 is 0 Å². The first-order valence-corrected chi connectivity index (χ1v) is 10.3. The molecule has 154 valence electrons. The Hall–Kier alpha value is -2.53. The van der Waals surface area contributed by atoms with Gasteiger partial charge in [-0.2, -0.15) is 0 Å². The van der Waals surface area contributed by atoms with Gasteiger partial charge in [0.25, 0.3) is 5.91 Å². The monoisotopic (exact) mass is 414 g/mol. The zero-order valence-corrected chi connectivity index (χ0v) is 17.7. The second kappa shape index (κ2) is 9.79. The third-order valence-corrected chi connectivity index (χ3v) is 5.63. The first kappa shape index (κ1) is 21.2. The van der Waals surface area contributed by atoms with Crippen LogP contribution < -0.4 is 10.1 Å². The van der Waals surface area contributed by atoms with Crippen LogP contribution in [0.5, 0.6) is 5.75 Å². The van der Waals surface area contributed by atoms with Crippen LogP contribution in [0.25, 0.3) is 0 Å². The number of methoxy groups -OCH3 is 1. The van der Waals surface area contributed by atoms with Crippen LogP contribution in [-0.4, -0.2) is 36.9 Å². The van der Waals surface area contributed by atoms with Gasteiger partial charge in [0.05, 0.1) is 12.8 Å². The van der Waals surface area contributed by atoms with E-state index in [4.69, 9.17) is 16.3 Å². The highest BCUT2D eigenvalue weighted by Gasteiger charge is 2.25. The van der Waals surface area contributed by atoms with Gasteiger partial charge in [-0.25, -0.2) is 0 Å². The van der Waals surface area contributed by atoms with Gasteiger partial charge in [-0.05, 0) is 61.9 Å². The van der Waals surface area contributed by atoms with Crippen LogP contribution in [0.15, 0.2) is 42.5 Å². The van der Waals surface area contributed by atoms with E-state index in [2.05, 4.69) is 5.32 Å². The van der Waals surface area contributed by atoms with Crippen molar-refractivity contribution in [3.8, 4) is 5.75 Å². The maximum Gasteiger partial charge on any atom is 0.254 e. The van der Waals surface area contributed by atoms with E-state index in [9.17, 15) is 9.59 Å². The molecule has 0 bridgehead atoms. The lowest BCUT2D eigenvalue weighted by atomic mass is 9.92. The van der Waals surface area contributed by atoms with E-state index in [1.165, 1.54) is 0 Å². The molecule has 1 fully saturated rings. The first-order valence-electron chi connectivity index (χ1n) is 9.96. The molecule has 1 atom stereocenters. The molecule has 3 rings (SSSR count). The number of halogens is 1. The molecule has 0 radical (unpaired) electrons. The highest BCUT2D eigenvalue weighted by Crippen LogP contribution is 2.28. The van der Waals surface area contributed by atoms with Crippen LogP contribution >= 0.6 is 11.6 Å². The van der Waals surface area contributed by atoms with Gasteiger partial charge < -0.3 is 15.0 Å². The molecule has 2 aromatic carbocycles. The molecule has 1 aliphatic heterocycles. The predicted molar refractivity (Wildman–Crippen MR) is 116 cm³/mol. The van der Waals surface area contributed by atoms with Gasteiger partial charge in [0.1, 0.15) is 5.75 Å². The number of hydrogen-bond donors (Lipinski definition) is 1. The lowest BCUT2D eigenvalue weighted by Gasteiger charge is -2.33. The van der Waals surface area contributed by atoms with Gasteiger partial charge in [0.2, 0.25) is 5.91 Å². The van der Waals surface area contributed by atoms with Crippen molar-refractivity contribution in [2.45, 2.75) is 32.6 Å². The van der Waals surface area contributed by atoms with Crippen LogP contribution in [0.1, 0.15) is 41.6 Å². The fraction of sp³-hybridized carbons (Fsp3) is 0.391. The highest BCUT2D eigenvalue weighted by molar-refractivity contribution is 6.31. The van der Waals surface area contributed by atoms with Gasteiger partial charge in [-0.1, -0.05) is 29.8 Å². The predicted octanol–water partition coefficient (Wildman–Crippen LogP) is 4.93. The molecule has 5 nitrogen and oxygen atoms in total. The van der Waals surface area contributed by atoms with E-state index in [0.717, 1.165) is 36.9 Å². The Morgan fingerprint density at radius 2 is 2.03 bits per heavy atom. The molecule has 6 heteroatoms. The van der Waals surface area contributed by atoms with E-state index in [-0.39, 0.29) is 11.8 Å². The summed E-state index contributed by atoms with van der Waals surface area (Å²) in [6.07, 6.45) is 3.14. The van der Waals surface area contributed by atoms with Crippen molar-refractivity contribution in [2.24, 2.45) is 5.92 Å². The van der Waals surface area contributed by atoms with Gasteiger partial charge in [0.15, 0.2) is 0 Å². The maximum absolute atomic E-state index is 12.9. The van der Waals surface area contributed by atoms with Crippen LogP contribution in [-0.2, 0) is 4.79 Å². The Bertz CT molecular complexity index is 884. The molecule has 1 aliphatic rings. The number of nitrogens with one attached hydrogen (secondary N) is 1. The molecule has 1 N–H and O–H groups in total. The minimum atomic E-state index is -0.0760. The van der Waals surface area contributed by atoms with Crippen molar-refractivity contribution in [2.75, 3.05) is 25.5 Å². The lowest BCUT2D eigenvalue weighted by molar-refractivity contribution is -0.116. The number of likely N-dealkylation sites (tertiary alicyclic amines) is 1. The van der Waals surface area contributed by atoms with Crippen molar-refractivity contribution in [1.82, 2.24) is 4.90 Å². The number of anilines is 1. The standard InChI is InChI=1S/C23H27ClN2O3/c1-16-6-3-4-8-19(16)23(28)26-13-5-7-17(15-26)9-12-22(27)25-20-14-18(24)10-11-21(20)29-2/h3-4,6,8,10-11,14,17H,5,7,9,12-13,15H2,1-2H3,(H,25,27). The number of rotatable bonds is 6. The molecule has 2 amide bonds. The number of amides is 2. The fourth-order valence-corrected chi connectivity index (χ4v) is 3.97. The Kier molecular flexibility index (Phi) is 7.15. The number of carbonyl (C=O) groups excluding carboxylic acids is 2. The third kappa shape index (κ3) is 5.51. The summed E-state index contributed by atoms with van der Waals surface area (Å²) in [6, 6.07) is 12.8. The van der Waals surface area contributed by atoms with Crippen molar-refractivity contribution in [3.05, 3.63) is 58.6 Å². The van der Waals surface area contributed by atoms with Crippen molar-refractivity contribution in [3.63, 3.8) is 0 Å². The maximum atomic E-state index is 12.9. The van der Waals surface area contributed by atoms with Crippen LogP contribution in [0.3, 0.4) is 0 Å². The Labute approximate surface area is 177 Å². The van der Waals surface area contributed by atoms with Crippen LogP contribution in [0, 0.1) is 12.8 Å². The molecule has 0 saturated carbocycles. The summed E-state index contributed by atoms with van der Waals surface area (Å²) >= 11 is 6.02. The molecule has 2 aromatic rings. The minimum absolute atomic E-state index is 0.0760. The quantitative estimate of drug-likeness (QED) is 0.729. The number of aryl methyl sites for hydroxylation is 1. The van der Waals surface area contributed by atoms with Gasteiger partial charge >= 0.3 is 0 Å². The Morgan fingerprint density at radius 1 is 1.24 bits per heavy atom. The van der Waals surface area contributed by atoms with Crippen LogP contribution in [0.2, 0.25) is 5.02 Å². The molecule has 1 unspecified atom stereocenters. The average molecular weight is 415 g/mol. The summed E-state index contributed by atoms with van der Waals surface area (Å²) in [6.45, 7) is 3.43. The topological polar surface area (TPSA) is 58.6 Å². The van der Waals surface area contributed by atoms with Gasteiger partial charge in [0, 0.05) is 30.1 Å². The van der Waals surface area contributed by atoms with Crippen molar-refractivity contribution in [1.29, 1.82) is 0 Å².